The molecule has 0 bridgehead atoms. The molecule has 0 spiro atoms. The average Bonchev–Trinajstić information content (AvgIpc) is 2.76. The second-order valence-electron chi connectivity index (χ2n) is 4.35. The number of fused-ring (bicyclic) bond motifs is 1. The summed E-state index contributed by atoms with van der Waals surface area (Å²) < 4.78 is 0. The molecular formula is C13H13N3O2. The van der Waals surface area contributed by atoms with E-state index in [9.17, 15) is 9.90 Å². The van der Waals surface area contributed by atoms with Gasteiger partial charge in [0.25, 0.3) is 0 Å². The Morgan fingerprint density at radius 2 is 2.22 bits per heavy atom. The summed E-state index contributed by atoms with van der Waals surface area (Å²) in [5, 5.41) is 16.6. The molecule has 1 aromatic carbocycles. The zero-order valence-electron chi connectivity index (χ0n) is 9.68. The lowest BCUT2D eigenvalue weighted by atomic mass is 10.2. The van der Waals surface area contributed by atoms with Crippen molar-refractivity contribution in [2.24, 2.45) is 0 Å². The van der Waals surface area contributed by atoms with Gasteiger partial charge in [-0.15, -0.1) is 0 Å². The predicted octanol–water partition coefficient (Wildman–Crippen LogP) is 1.59. The molecule has 5 heteroatoms. The van der Waals surface area contributed by atoms with Crippen LogP contribution in [0.5, 0.6) is 5.75 Å². The molecule has 1 atom stereocenters. The molecule has 1 fully saturated rings. The first-order valence-corrected chi connectivity index (χ1v) is 5.87. The maximum Gasteiger partial charge on any atom is 0.221 e. The lowest BCUT2D eigenvalue weighted by molar-refractivity contribution is -0.119. The lowest BCUT2D eigenvalue weighted by Crippen LogP contribution is -2.32. The fourth-order valence-electron chi connectivity index (χ4n) is 2.11. The summed E-state index contributed by atoms with van der Waals surface area (Å²) in [6, 6.07) is 9.01. The van der Waals surface area contributed by atoms with Gasteiger partial charge >= 0.3 is 0 Å². The Morgan fingerprint density at radius 1 is 1.33 bits per heavy atom. The molecule has 92 valence electrons. The van der Waals surface area contributed by atoms with Gasteiger partial charge in [0.1, 0.15) is 23.2 Å². The number of nitrogens with zero attached hydrogens (tertiary/aromatic N) is 1. The first-order valence-electron chi connectivity index (χ1n) is 5.87. The predicted molar refractivity (Wildman–Crippen MR) is 68.2 cm³/mol. The van der Waals surface area contributed by atoms with E-state index in [0.29, 0.717) is 17.8 Å². The highest BCUT2D eigenvalue weighted by Gasteiger charge is 2.20. The summed E-state index contributed by atoms with van der Waals surface area (Å²) in [5.74, 6) is 0.860. The third kappa shape index (κ3) is 1.95. The minimum atomic E-state index is -0.0756. The number of amides is 1. The van der Waals surface area contributed by atoms with E-state index in [-0.39, 0.29) is 17.8 Å². The molecule has 1 saturated heterocycles. The smallest absolute Gasteiger partial charge is 0.221 e. The van der Waals surface area contributed by atoms with Crippen molar-refractivity contribution in [1.29, 1.82) is 0 Å². The third-order valence-electron chi connectivity index (χ3n) is 3.02. The van der Waals surface area contributed by atoms with Crippen LogP contribution in [0.3, 0.4) is 0 Å². The first-order chi connectivity index (χ1) is 8.72. The minimum Gasteiger partial charge on any atom is -0.506 e. The summed E-state index contributed by atoms with van der Waals surface area (Å²) in [4.78, 5) is 15.4. The van der Waals surface area contributed by atoms with Gasteiger partial charge in [0.15, 0.2) is 0 Å². The number of aromatic nitrogens is 1. The van der Waals surface area contributed by atoms with Gasteiger partial charge in [-0.3, -0.25) is 4.79 Å². The van der Waals surface area contributed by atoms with Crippen LogP contribution in [0.25, 0.3) is 10.9 Å². The molecule has 18 heavy (non-hydrogen) atoms. The van der Waals surface area contributed by atoms with Crippen LogP contribution in [0.15, 0.2) is 30.3 Å². The highest BCUT2D eigenvalue weighted by atomic mass is 16.3. The first kappa shape index (κ1) is 10.8. The van der Waals surface area contributed by atoms with E-state index in [0.717, 1.165) is 11.8 Å². The van der Waals surface area contributed by atoms with E-state index < -0.39 is 0 Å². The Morgan fingerprint density at radius 3 is 3.00 bits per heavy atom. The number of phenols is 1. The molecule has 1 aliphatic heterocycles. The summed E-state index contributed by atoms with van der Waals surface area (Å²) in [6.45, 7) is 0. The standard InChI is InChI=1S/C13H13N3O2/c17-9-3-1-2-8-4-5-11(16-13(8)9)14-10-6-7-12(18)15-10/h1-5,10,17H,6-7H2,(H,14,16)(H,15,18). The van der Waals surface area contributed by atoms with Crippen LogP contribution in [0.2, 0.25) is 0 Å². The molecule has 0 radical (unpaired) electrons. The van der Waals surface area contributed by atoms with Crippen molar-refractivity contribution in [3.63, 3.8) is 0 Å². The quantitative estimate of drug-likeness (QED) is 0.748. The van der Waals surface area contributed by atoms with Gasteiger partial charge in [-0.1, -0.05) is 12.1 Å². The molecule has 1 aliphatic rings. The van der Waals surface area contributed by atoms with E-state index in [2.05, 4.69) is 15.6 Å². The molecule has 3 rings (SSSR count). The molecule has 0 saturated carbocycles. The molecule has 3 N–H and O–H groups in total. The monoisotopic (exact) mass is 243 g/mol. The van der Waals surface area contributed by atoms with Crippen LogP contribution >= 0.6 is 0 Å². The van der Waals surface area contributed by atoms with Crippen LogP contribution in [-0.4, -0.2) is 22.2 Å². The number of benzene rings is 1. The number of rotatable bonds is 2. The van der Waals surface area contributed by atoms with Crippen molar-refractivity contribution >= 4 is 22.6 Å². The second-order valence-corrected chi connectivity index (χ2v) is 4.35. The van der Waals surface area contributed by atoms with Gasteiger partial charge in [-0.2, -0.15) is 0 Å². The van der Waals surface area contributed by atoms with Crippen LogP contribution in [-0.2, 0) is 4.79 Å². The molecule has 0 aliphatic carbocycles. The third-order valence-corrected chi connectivity index (χ3v) is 3.02. The number of carbonyl (C=O) groups is 1. The number of carbonyl (C=O) groups excluding carboxylic acids is 1. The van der Waals surface area contributed by atoms with Crippen LogP contribution < -0.4 is 10.6 Å². The average molecular weight is 243 g/mol. The van der Waals surface area contributed by atoms with Gasteiger partial charge < -0.3 is 15.7 Å². The lowest BCUT2D eigenvalue weighted by Gasteiger charge is -2.13. The Balaban J connectivity index is 1.89. The van der Waals surface area contributed by atoms with Gasteiger partial charge in [-0.05, 0) is 24.6 Å². The van der Waals surface area contributed by atoms with Crippen molar-refractivity contribution in [1.82, 2.24) is 10.3 Å². The van der Waals surface area contributed by atoms with Crippen LogP contribution in [0, 0.1) is 0 Å². The number of para-hydroxylation sites is 1. The zero-order chi connectivity index (χ0) is 12.5. The number of pyridine rings is 1. The Labute approximate surface area is 104 Å². The van der Waals surface area contributed by atoms with E-state index in [4.69, 9.17) is 0 Å². The maximum atomic E-state index is 11.1. The molecule has 1 amide bonds. The van der Waals surface area contributed by atoms with Gasteiger partial charge in [0.2, 0.25) is 5.91 Å². The zero-order valence-corrected chi connectivity index (χ0v) is 9.68. The van der Waals surface area contributed by atoms with Crippen LogP contribution in [0.1, 0.15) is 12.8 Å². The number of hydrogen-bond acceptors (Lipinski definition) is 4. The SMILES string of the molecule is O=C1CCC(Nc2ccc3cccc(O)c3n2)N1. The number of anilines is 1. The fraction of sp³-hybridized carbons (Fsp3) is 0.231. The largest absolute Gasteiger partial charge is 0.506 e. The van der Waals surface area contributed by atoms with E-state index in [1.54, 1.807) is 12.1 Å². The van der Waals surface area contributed by atoms with Crippen LogP contribution in [0.4, 0.5) is 5.82 Å². The van der Waals surface area contributed by atoms with Crippen molar-refractivity contribution in [3.05, 3.63) is 30.3 Å². The van der Waals surface area contributed by atoms with E-state index in [1.807, 2.05) is 18.2 Å². The Hall–Kier alpha value is -2.30. The molecule has 2 aromatic rings. The van der Waals surface area contributed by atoms with Gasteiger partial charge in [0, 0.05) is 11.8 Å². The fourth-order valence-corrected chi connectivity index (χ4v) is 2.11. The van der Waals surface area contributed by atoms with Crippen molar-refractivity contribution < 1.29 is 9.90 Å². The van der Waals surface area contributed by atoms with Crippen molar-refractivity contribution in [2.75, 3.05) is 5.32 Å². The summed E-state index contributed by atoms with van der Waals surface area (Å²) in [6.07, 6.45) is 1.21. The summed E-state index contributed by atoms with van der Waals surface area (Å²) in [7, 11) is 0. The van der Waals surface area contributed by atoms with Gasteiger partial charge in [0.05, 0.1) is 0 Å². The van der Waals surface area contributed by atoms with E-state index in [1.165, 1.54) is 0 Å². The number of phenolic OH excluding ortho intramolecular Hbond substituents is 1. The molecule has 2 heterocycles. The molecule has 1 unspecified atom stereocenters. The number of nitrogens with one attached hydrogen (secondary N) is 2. The Kier molecular flexibility index (Phi) is 2.51. The summed E-state index contributed by atoms with van der Waals surface area (Å²) >= 11 is 0. The number of aromatic hydroxyl groups is 1. The van der Waals surface area contributed by atoms with E-state index >= 15 is 0 Å². The Bertz CT molecular complexity index is 612. The number of hydrogen-bond donors (Lipinski definition) is 3. The molecule has 5 nitrogen and oxygen atoms in total. The minimum absolute atomic E-state index is 0.0520. The highest BCUT2D eigenvalue weighted by Crippen LogP contribution is 2.24. The second kappa shape index (κ2) is 4.18. The molecular weight excluding hydrogens is 230 g/mol. The van der Waals surface area contributed by atoms with Gasteiger partial charge in [-0.25, -0.2) is 4.98 Å². The molecule has 1 aromatic heterocycles. The van der Waals surface area contributed by atoms with Crippen molar-refractivity contribution in [2.45, 2.75) is 19.0 Å². The highest BCUT2D eigenvalue weighted by molar-refractivity contribution is 5.85. The summed E-state index contributed by atoms with van der Waals surface area (Å²) in [5.41, 5.74) is 0.562. The topological polar surface area (TPSA) is 74.2 Å². The van der Waals surface area contributed by atoms with Crippen molar-refractivity contribution in [3.8, 4) is 5.75 Å². The normalized spacial score (nSPS) is 18.9. The maximum absolute atomic E-state index is 11.1.